The summed E-state index contributed by atoms with van der Waals surface area (Å²) in [6.07, 6.45) is 0.557. The van der Waals surface area contributed by atoms with Crippen LogP contribution in [0, 0.1) is 18.7 Å². The highest BCUT2D eigenvalue weighted by Crippen LogP contribution is 2.41. The van der Waals surface area contributed by atoms with Crippen molar-refractivity contribution in [3.05, 3.63) is 63.3 Å². The second-order valence-corrected chi connectivity index (χ2v) is 6.64. The van der Waals surface area contributed by atoms with Gasteiger partial charge in [-0.2, -0.15) is 0 Å². The van der Waals surface area contributed by atoms with Gasteiger partial charge in [0.2, 0.25) is 0 Å². The molecule has 1 aliphatic carbocycles. The summed E-state index contributed by atoms with van der Waals surface area (Å²) in [7, 11) is 1.48. The van der Waals surface area contributed by atoms with Crippen LogP contribution in [0.25, 0.3) is 0 Å². The Balaban J connectivity index is 1.93. The zero-order valence-corrected chi connectivity index (χ0v) is 14.6. The zero-order chi connectivity index (χ0) is 18.8. The smallest absolute Gasteiger partial charge is 0.268 e. The summed E-state index contributed by atoms with van der Waals surface area (Å²) >= 11 is 0. The number of pyridine rings is 1. The molecule has 1 aliphatic rings. The van der Waals surface area contributed by atoms with Crippen molar-refractivity contribution >= 4 is 5.91 Å². The number of carbonyl (C=O) groups excluding carboxylic acids is 1. The van der Waals surface area contributed by atoms with Crippen LogP contribution in [0.5, 0.6) is 5.75 Å². The zero-order valence-electron chi connectivity index (χ0n) is 14.6. The normalized spacial score (nSPS) is 20.2. The van der Waals surface area contributed by atoms with E-state index in [-0.39, 0.29) is 17.0 Å². The number of hydrogen-bond donors (Lipinski definition) is 3. The lowest BCUT2D eigenvalue weighted by molar-refractivity contribution is 0.0230. The topological polar surface area (TPSA) is 91.4 Å². The van der Waals surface area contributed by atoms with Crippen molar-refractivity contribution in [1.82, 2.24) is 10.3 Å². The van der Waals surface area contributed by atoms with E-state index in [1.165, 1.54) is 37.4 Å². The minimum atomic E-state index is -0.541. The van der Waals surface area contributed by atoms with Gasteiger partial charge in [0.1, 0.15) is 17.3 Å². The van der Waals surface area contributed by atoms with Crippen molar-refractivity contribution in [2.45, 2.75) is 31.9 Å². The number of methoxy groups -OCH3 is 1. The molecule has 0 aliphatic heterocycles. The van der Waals surface area contributed by atoms with Crippen LogP contribution in [0.4, 0.5) is 4.39 Å². The van der Waals surface area contributed by atoms with Gasteiger partial charge in [0, 0.05) is 23.4 Å². The van der Waals surface area contributed by atoms with E-state index in [9.17, 15) is 19.1 Å². The maximum absolute atomic E-state index is 13.8. The van der Waals surface area contributed by atoms with Gasteiger partial charge in [0.25, 0.3) is 5.91 Å². The number of aromatic amines is 1. The standard InChI is InChI=1S/C19H21FN2O4/c1-10-5-13(23)9-16(21-10)19(25)22-18(11-6-14(24)7-11)15-8-12(20)3-4-17(15)26-2/h3-5,8-9,11,14,18,24H,6-7H2,1-2H3,(H,21,23)(H,22,25)/t11?,14?,18-/m1/s1. The Morgan fingerprint density at radius 3 is 2.69 bits per heavy atom. The highest BCUT2D eigenvalue weighted by Gasteiger charge is 2.37. The molecule has 1 aromatic heterocycles. The lowest BCUT2D eigenvalue weighted by Crippen LogP contribution is -2.42. The van der Waals surface area contributed by atoms with Crippen molar-refractivity contribution in [2.24, 2.45) is 5.92 Å². The second-order valence-electron chi connectivity index (χ2n) is 6.64. The Morgan fingerprint density at radius 1 is 1.35 bits per heavy atom. The van der Waals surface area contributed by atoms with E-state index in [2.05, 4.69) is 10.3 Å². The Bertz CT molecular complexity index is 874. The third-order valence-corrected chi connectivity index (χ3v) is 4.66. The van der Waals surface area contributed by atoms with Crippen LogP contribution in [0.1, 0.15) is 40.6 Å². The maximum Gasteiger partial charge on any atom is 0.268 e. The average Bonchev–Trinajstić information content (AvgIpc) is 2.56. The van der Waals surface area contributed by atoms with Crippen molar-refractivity contribution in [3.8, 4) is 5.75 Å². The number of halogens is 1. The third-order valence-electron chi connectivity index (χ3n) is 4.66. The average molecular weight is 360 g/mol. The summed E-state index contributed by atoms with van der Waals surface area (Å²) in [6.45, 7) is 1.69. The summed E-state index contributed by atoms with van der Waals surface area (Å²) < 4.78 is 19.1. The van der Waals surface area contributed by atoms with Crippen molar-refractivity contribution in [1.29, 1.82) is 0 Å². The molecule has 0 saturated heterocycles. The molecule has 0 bridgehead atoms. The number of H-pyrrole nitrogens is 1. The number of carbonyl (C=O) groups is 1. The Hall–Kier alpha value is -2.67. The van der Waals surface area contributed by atoms with Gasteiger partial charge in [-0.25, -0.2) is 4.39 Å². The molecular weight excluding hydrogens is 339 g/mol. The number of ether oxygens (including phenoxy) is 1. The molecular formula is C19H21FN2O4. The number of amides is 1. The molecule has 138 valence electrons. The fourth-order valence-electron chi connectivity index (χ4n) is 3.32. The van der Waals surface area contributed by atoms with E-state index in [0.29, 0.717) is 29.8 Å². The number of aliphatic hydroxyl groups is 1. The Morgan fingerprint density at radius 2 is 2.08 bits per heavy atom. The number of aromatic nitrogens is 1. The molecule has 0 unspecified atom stereocenters. The van der Waals surface area contributed by atoms with Gasteiger partial charge in [0.05, 0.1) is 19.3 Å². The number of rotatable bonds is 5. The molecule has 0 radical (unpaired) electrons. The van der Waals surface area contributed by atoms with Crippen LogP contribution in [0.3, 0.4) is 0 Å². The van der Waals surface area contributed by atoms with Crippen LogP contribution < -0.4 is 15.5 Å². The molecule has 1 heterocycles. The molecule has 3 rings (SSSR count). The molecule has 1 saturated carbocycles. The Labute approximate surface area is 150 Å². The number of aliphatic hydroxyl groups excluding tert-OH is 1. The first-order chi connectivity index (χ1) is 12.4. The van der Waals surface area contributed by atoms with Crippen molar-refractivity contribution in [3.63, 3.8) is 0 Å². The molecule has 3 N–H and O–H groups in total. The summed E-state index contributed by atoms with van der Waals surface area (Å²) in [6, 6.07) is 6.19. The third kappa shape index (κ3) is 3.77. The SMILES string of the molecule is COc1ccc(F)cc1[C@H](NC(=O)c1cc(=O)cc(C)[nH]1)C1CC(O)C1. The first kappa shape index (κ1) is 18.1. The second kappa shape index (κ2) is 7.29. The van der Waals surface area contributed by atoms with E-state index in [1.54, 1.807) is 6.92 Å². The first-order valence-electron chi connectivity index (χ1n) is 8.40. The molecule has 1 aromatic carbocycles. The van der Waals surface area contributed by atoms with Crippen LogP contribution in [-0.2, 0) is 0 Å². The van der Waals surface area contributed by atoms with E-state index in [0.717, 1.165) is 0 Å². The molecule has 0 spiro atoms. The molecule has 1 amide bonds. The van der Waals surface area contributed by atoms with E-state index in [1.807, 2.05) is 0 Å². The van der Waals surface area contributed by atoms with E-state index < -0.39 is 23.9 Å². The lowest BCUT2D eigenvalue weighted by Gasteiger charge is -2.38. The van der Waals surface area contributed by atoms with Gasteiger partial charge in [0.15, 0.2) is 5.43 Å². The lowest BCUT2D eigenvalue weighted by atomic mass is 9.74. The Kier molecular flexibility index (Phi) is 5.08. The molecule has 1 fully saturated rings. The highest BCUT2D eigenvalue weighted by atomic mass is 19.1. The minimum Gasteiger partial charge on any atom is -0.496 e. The van der Waals surface area contributed by atoms with Gasteiger partial charge in [-0.15, -0.1) is 0 Å². The van der Waals surface area contributed by atoms with Crippen LogP contribution in [0.2, 0.25) is 0 Å². The summed E-state index contributed by atoms with van der Waals surface area (Å²) in [4.78, 5) is 27.2. The quantitative estimate of drug-likeness (QED) is 0.761. The number of nitrogens with one attached hydrogen (secondary N) is 2. The number of hydrogen-bond acceptors (Lipinski definition) is 4. The molecule has 26 heavy (non-hydrogen) atoms. The maximum atomic E-state index is 13.8. The number of benzene rings is 1. The molecule has 1 atom stereocenters. The first-order valence-corrected chi connectivity index (χ1v) is 8.40. The predicted molar refractivity (Wildman–Crippen MR) is 93.7 cm³/mol. The van der Waals surface area contributed by atoms with Crippen molar-refractivity contribution in [2.75, 3.05) is 7.11 Å². The fraction of sp³-hybridized carbons (Fsp3) is 0.368. The fourth-order valence-corrected chi connectivity index (χ4v) is 3.32. The summed E-state index contributed by atoms with van der Waals surface area (Å²) in [5.74, 6) is -0.510. The largest absolute Gasteiger partial charge is 0.496 e. The monoisotopic (exact) mass is 360 g/mol. The summed E-state index contributed by atoms with van der Waals surface area (Å²) in [5.41, 5.74) is 0.940. The van der Waals surface area contributed by atoms with E-state index in [4.69, 9.17) is 4.74 Å². The molecule has 2 aromatic rings. The van der Waals surface area contributed by atoms with Gasteiger partial charge >= 0.3 is 0 Å². The highest BCUT2D eigenvalue weighted by molar-refractivity contribution is 5.92. The predicted octanol–water partition coefficient (Wildman–Crippen LogP) is 2.07. The van der Waals surface area contributed by atoms with Crippen molar-refractivity contribution < 1.29 is 19.0 Å². The summed E-state index contributed by atoms with van der Waals surface area (Å²) in [5, 5.41) is 12.5. The number of aryl methyl sites for hydroxylation is 1. The van der Waals surface area contributed by atoms with Gasteiger partial charge in [-0.05, 0) is 43.9 Å². The van der Waals surface area contributed by atoms with Gasteiger partial charge in [-0.1, -0.05) is 0 Å². The van der Waals surface area contributed by atoms with Crippen LogP contribution in [-0.4, -0.2) is 29.2 Å². The minimum absolute atomic E-state index is 0.0545. The van der Waals surface area contributed by atoms with Crippen LogP contribution >= 0.6 is 0 Å². The van der Waals surface area contributed by atoms with Gasteiger partial charge < -0.3 is 20.1 Å². The van der Waals surface area contributed by atoms with Crippen LogP contribution in [0.15, 0.2) is 35.1 Å². The van der Waals surface area contributed by atoms with Gasteiger partial charge in [-0.3, -0.25) is 9.59 Å². The molecule has 7 heteroatoms. The molecule has 6 nitrogen and oxygen atoms in total. The van der Waals surface area contributed by atoms with E-state index >= 15 is 0 Å².